The molecule has 2 aliphatic rings. The number of hydrogen-bond donors (Lipinski definition) is 1. The second-order valence-electron chi connectivity index (χ2n) is 7.87. The van der Waals surface area contributed by atoms with Crippen LogP contribution in [0.5, 0.6) is 0 Å². The number of thioether (sulfide) groups is 1. The van der Waals surface area contributed by atoms with Crippen LogP contribution in [-0.4, -0.2) is 26.4 Å². The zero-order valence-electron chi connectivity index (χ0n) is 16.3. The van der Waals surface area contributed by atoms with Crippen molar-refractivity contribution in [3.05, 3.63) is 71.5 Å². The van der Waals surface area contributed by atoms with Gasteiger partial charge in [0.1, 0.15) is 5.82 Å². The molecule has 0 saturated heterocycles. The van der Waals surface area contributed by atoms with Gasteiger partial charge in [0, 0.05) is 17.6 Å². The first-order valence-electron chi connectivity index (χ1n) is 10.3. The van der Waals surface area contributed by atoms with Gasteiger partial charge in [-0.25, -0.2) is 0 Å². The Bertz CT molecular complexity index is 1010. The maximum atomic E-state index is 12.7. The van der Waals surface area contributed by atoms with E-state index >= 15 is 0 Å². The van der Waals surface area contributed by atoms with Crippen LogP contribution in [-0.2, 0) is 11.2 Å². The average Bonchev–Trinajstić information content (AvgIpc) is 3.67. The first-order valence-corrected chi connectivity index (χ1v) is 11.3. The fourth-order valence-electron chi connectivity index (χ4n) is 3.61. The molecule has 2 saturated carbocycles. The molecule has 0 bridgehead atoms. The Kier molecular flexibility index (Phi) is 5.10. The van der Waals surface area contributed by atoms with Crippen molar-refractivity contribution in [1.29, 1.82) is 0 Å². The summed E-state index contributed by atoms with van der Waals surface area (Å²) in [4.78, 5) is 12.7. The van der Waals surface area contributed by atoms with E-state index < -0.39 is 0 Å². The van der Waals surface area contributed by atoms with E-state index in [1.54, 1.807) is 0 Å². The fourth-order valence-corrected chi connectivity index (χ4v) is 4.42. The van der Waals surface area contributed by atoms with E-state index in [1.807, 2.05) is 36.4 Å². The minimum absolute atomic E-state index is 0.00571. The second kappa shape index (κ2) is 8.03. The Morgan fingerprint density at radius 3 is 2.52 bits per heavy atom. The van der Waals surface area contributed by atoms with E-state index in [2.05, 4.69) is 38.3 Å². The third-order valence-electron chi connectivity index (χ3n) is 5.41. The van der Waals surface area contributed by atoms with E-state index in [1.165, 1.54) is 43.0 Å². The summed E-state index contributed by atoms with van der Waals surface area (Å²) in [6, 6.07) is 18.9. The van der Waals surface area contributed by atoms with Crippen molar-refractivity contribution in [3.63, 3.8) is 0 Å². The Hall–Kier alpha value is -2.60. The van der Waals surface area contributed by atoms with Gasteiger partial charge in [0.05, 0.1) is 5.75 Å². The summed E-state index contributed by atoms with van der Waals surface area (Å²) in [7, 11) is 0. The summed E-state index contributed by atoms with van der Waals surface area (Å²) in [5.74, 6) is 2.04. The molecule has 3 aromatic rings. The van der Waals surface area contributed by atoms with Gasteiger partial charge in [-0.15, -0.1) is 10.2 Å². The lowest BCUT2D eigenvalue weighted by Gasteiger charge is -2.12. The monoisotopic (exact) mass is 404 g/mol. The number of anilines is 1. The number of rotatable bonds is 8. The maximum Gasteiger partial charge on any atom is 0.234 e. The molecule has 2 aromatic carbocycles. The molecule has 0 spiro atoms. The molecular weight excluding hydrogens is 380 g/mol. The van der Waals surface area contributed by atoms with Crippen LogP contribution in [0.1, 0.15) is 54.6 Å². The molecule has 5 nitrogen and oxygen atoms in total. The Morgan fingerprint density at radius 2 is 1.76 bits per heavy atom. The minimum atomic E-state index is -0.00571. The van der Waals surface area contributed by atoms with Crippen molar-refractivity contribution in [2.75, 3.05) is 11.1 Å². The number of carbonyl (C=O) groups excluding carboxylic acids is 1. The lowest BCUT2D eigenvalue weighted by molar-refractivity contribution is -0.113. The van der Waals surface area contributed by atoms with E-state index in [9.17, 15) is 4.79 Å². The number of aromatic nitrogens is 3. The van der Waals surface area contributed by atoms with Crippen LogP contribution in [0.2, 0.25) is 0 Å². The number of para-hydroxylation sites is 1. The van der Waals surface area contributed by atoms with Gasteiger partial charge >= 0.3 is 0 Å². The Labute approximate surface area is 174 Å². The molecular formula is C23H24N4OS. The van der Waals surface area contributed by atoms with Gasteiger partial charge in [-0.05, 0) is 49.3 Å². The van der Waals surface area contributed by atoms with Crippen LogP contribution in [0.25, 0.3) is 0 Å². The van der Waals surface area contributed by atoms with Gasteiger partial charge in [-0.2, -0.15) is 0 Å². The summed E-state index contributed by atoms with van der Waals surface area (Å²) < 4.78 is 2.29. The molecule has 148 valence electrons. The highest BCUT2D eigenvalue weighted by molar-refractivity contribution is 7.99. The molecule has 6 heteroatoms. The number of carbonyl (C=O) groups is 1. The normalized spacial score (nSPS) is 16.0. The van der Waals surface area contributed by atoms with Gasteiger partial charge in [0.15, 0.2) is 5.16 Å². The highest BCUT2D eigenvalue weighted by atomic mass is 32.2. The molecule has 29 heavy (non-hydrogen) atoms. The molecule has 1 amide bonds. The van der Waals surface area contributed by atoms with E-state index in [0.717, 1.165) is 28.7 Å². The Morgan fingerprint density at radius 1 is 1.00 bits per heavy atom. The SMILES string of the molecule is O=C(CSc1nnc(C2CC2)n1C1CC1)Nc1ccccc1Cc1ccccc1. The highest BCUT2D eigenvalue weighted by Gasteiger charge is 2.36. The largest absolute Gasteiger partial charge is 0.325 e. The van der Waals surface area contributed by atoms with Gasteiger partial charge in [-0.1, -0.05) is 60.3 Å². The predicted octanol–water partition coefficient (Wildman–Crippen LogP) is 4.81. The van der Waals surface area contributed by atoms with Crippen LogP contribution in [0.15, 0.2) is 59.8 Å². The van der Waals surface area contributed by atoms with E-state index in [0.29, 0.717) is 17.7 Å². The summed E-state index contributed by atoms with van der Waals surface area (Å²) in [5, 5.41) is 12.8. The van der Waals surface area contributed by atoms with E-state index in [-0.39, 0.29) is 5.91 Å². The molecule has 2 aliphatic carbocycles. The zero-order chi connectivity index (χ0) is 19.6. The number of nitrogens with one attached hydrogen (secondary N) is 1. The summed E-state index contributed by atoms with van der Waals surface area (Å²) in [6.45, 7) is 0. The molecule has 0 aliphatic heterocycles. The smallest absolute Gasteiger partial charge is 0.234 e. The molecule has 0 radical (unpaired) electrons. The van der Waals surface area contributed by atoms with Crippen LogP contribution >= 0.6 is 11.8 Å². The van der Waals surface area contributed by atoms with E-state index in [4.69, 9.17) is 0 Å². The average molecular weight is 405 g/mol. The van der Waals surface area contributed by atoms with Crippen LogP contribution in [0.3, 0.4) is 0 Å². The molecule has 5 rings (SSSR count). The highest BCUT2D eigenvalue weighted by Crippen LogP contribution is 2.46. The van der Waals surface area contributed by atoms with Crippen molar-refractivity contribution in [1.82, 2.24) is 14.8 Å². The molecule has 0 atom stereocenters. The minimum Gasteiger partial charge on any atom is -0.325 e. The van der Waals surface area contributed by atoms with Crippen LogP contribution < -0.4 is 5.32 Å². The van der Waals surface area contributed by atoms with Crippen molar-refractivity contribution in [2.45, 2.75) is 49.2 Å². The van der Waals surface area contributed by atoms with Crippen molar-refractivity contribution >= 4 is 23.4 Å². The lowest BCUT2D eigenvalue weighted by atomic mass is 10.0. The number of benzene rings is 2. The first-order chi connectivity index (χ1) is 14.3. The van der Waals surface area contributed by atoms with Gasteiger partial charge < -0.3 is 9.88 Å². The summed E-state index contributed by atoms with van der Waals surface area (Å²) in [5.41, 5.74) is 3.23. The maximum absolute atomic E-state index is 12.7. The van der Waals surface area contributed by atoms with Crippen LogP contribution in [0, 0.1) is 0 Å². The second-order valence-corrected chi connectivity index (χ2v) is 8.82. The third kappa shape index (κ3) is 4.37. The summed E-state index contributed by atoms with van der Waals surface area (Å²) >= 11 is 1.50. The van der Waals surface area contributed by atoms with Gasteiger partial charge in [0.25, 0.3) is 0 Å². The van der Waals surface area contributed by atoms with Crippen molar-refractivity contribution in [3.8, 4) is 0 Å². The summed E-state index contributed by atoms with van der Waals surface area (Å²) in [6.07, 6.45) is 5.63. The van der Waals surface area contributed by atoms with Gasteiger partial charge in [-0.3, -0.25) is 4.79 Å². The molecule has 1 N–H and O–H groups in total. The topological polar surface area (TPSA) is 59.8 Å². The molecule has 1 heterocycles. The predicted molar refractivity (Wildman–Crippen MR) is 115 cm³/mol. The third-order valence-corrected chi connectivity index (χ3v) is 6.35. The van der Waals surface area contributed by atoms with Crippen molar-refractivity contribution in [2.24, 2.45) is 0 Å². The standard InChI is InChI=1S/C23H24N4OS/c28-21(15-29-23-26-25-22(17-10-11-17)27(23)19-12-13-19)24-20-9-5-4-8-18(20)14-16-6-2-1-3-7-16/h1-9,17,19H,10-15H2,(H,24,28). The number of hydrogen-bond acceptors (Lipinski definition) is 4. The number of amides is 1. The Balaban J connectivity index is 1.24. The van der Waals surface area contributed by atoms with Crippen molar-refractivity contribution < 1.29 is 4.79 Å². The van der Waals surface area contributed by atoms with Gasteiger partial charge in [0.2, 0.25) is 5.91 Å². The molecule has 1 aromatic heterocycles. The lowest BCUT2D eigenvalue weighted by Crippen LogP contribution is -2.16. The molecule has 2 fully saturated rings. The quantitative estimate of drug-likeness (QED) is 0.547. The first kappa shape index (κ1) is 18.4. The van der Waals surface area contributed by atoms with Crippen LogP contribution in [0.4, 0.5) is 5.69 Å². The number of nitrogens with zero attached hydrogens (tertiary/aromatic N) is 3. The zero-order valence-corrected chi connectivity index (χ0v) is 17.1. The molecule has 0 unspecified atom stereocenters. The fraction of sp³-hybridized carbons (Fsp3) is 0.348.